The lowest BCUT2D eigenvalue weighted by atomic mass is 9.89. The van der Waals surface area contributed by atoms with Gasteiger partial charge in [-0.2, -0.15) is 0 Å². The Kier molecular flexibility index (Phi) is 9.55. The zero-order valence-corrected chi connectivity index (χ0v) is 24.7. The maximum Gasteiger partial charge on any atom is 0.254 e. The molecule has 0 spiro atoms. The van der Waals surface area contributed by atoms with E-state index in [-0.39, 0.29) is 18.3 Å². The first-order valence-electron chi connectivity index (χ1n) is 14.0. The summed E-state index contributed by atoms with van der Waals surface area (Å²) >= 11 is 0. The quantitative estimate of drug-likeness (QED) is 0.389. The van der Waals surface area contributed by atoms with Crippen molar-refractivity contribution in [3.8, 4) is 23.0 Å². The molecule has 3 aliphatic rings. The van der Waals surface area contributed by atoms with Gasteiger partial charge in [0.2, 0.25) is 0 Å². The maximum absolute atomic E-state index is 13.6. The fourth-order valence-electron chi connectivity index (χ4n) is 7.21. The Morgan fingerprint density at radius 2 is 1.38 bits per heavy atom. The molecule has 3 atom stereocenters. The molecule has 2 heterocycles. The van der Waals surface area contributed by atoms with Crippen LogP contribution in [0, 0.1) is 5.92 Å². The number of piperidine rings is 1. The van der Waals surface area contributed by atoms with E-state index in [0.29, 0.717) is 41.1 Å². The highest BCUT2D eigenvalue weighted by Crippen LogP contribution is 2.42. The molecule has 0 radical (unpaired) electrons. The van der Waals surface area contributed by atoms with Crippen molar-refractivity contribution in [3.63, 3.8) is 0 Å². The van der Waals surface area contributed by atoms with Gasteiger partial charge in [-0.25, -0.2) is 0 Å². The summed E-state index contributed by atoms with van der Waals surface area (Å²) in [6.07, 6.45) is 7.46. The summed E-state index contributed by atoms with van der Waals surface area (Å²) in [7, 11) is 6.74. The van der Waals surface area contributed by atoms with Crippen LogP contribution in [-0.4, -0.2) is 75.4 Å². The van der Waals surface area contributed by atoms with Gasteiger partial charge in [-0.3, -0.25) is 9.69 Å². The van der Waals surface area contributed by atoms with Crippen LogP contribution < -0.4 is 18.9 Å². The number of methoxy groups -OCH3 is 4. The van der Waals surface area contributed by atoms with Crippen molar-refractivity contribution < 1.29 is 23.7 Å². The third kappa shape index (κ3) is 5.66. The van der Waals surface area contributed by atoms with Gasteiger partial charge in [-0.1, -0.05) is 6.92 Å². The van der Waals surface area contributed by atoms with Gasteiger partial charge in [0.15, 0.2) is 11.5 Å². The lowest BCUT2D eigenvalue weighted by Gasteiger charge is -2.41. The number of amides is 1. The molecule has 0 aromatic heterocycles. The van der Waals surface area contributed by atoms with Gasteiger partial charge in [0.05, 0.1) is 28.4 Å². The molecule has 0 unspecified atom stereocenters. The normalized spacial score (nSPS) is 21.9. The Labute approximate surface area is 239 Å². The van der Waals surface area contributed by atoms with Crippen molar-refractivity contribution in [3.05, 3.63) is 47.0 Å². The first-order chi connectivity index (χ1) is 18.5. The maximum atomic E-state index is 13.6. The molecule has 1 aliphatic carbocycles. The highest BCUT2D eigenvalue weighted by Gasteiger charge is 2.44. The number of rotatable bonds is 10. The highest BCUT2D eigenvalue weighted by molar-refractivity contribution is 5.95. The zero-order valence-electron chi connectivity index (χ0n) is 23.9. The summed E-state index contributed by atoms with van der Waals surface area (Å²) in [6, 6.07) is 10.6. The molecular formula is C31H43ClN2O5. The second kappa shape index (κ2) is 12.7. The van der Waals surface area contributed by atoms with Crippen LogP contribution in [-0.2, 0) is 12.8 Å². The third-order valence-electron chi connectivity index (χ3n) is 8.88. The van der Waals surface area contributed by atoms with Crippen LogP contribution in [0.5, 0.6) is 23.0 Å². The molecule has 39 heavy (non-hydrogen) atoms. The Balaban J connectivity index is 0.00000353. The largest absolute Gasteiger partial charge is 0.496 e. The Morgan fingerprint density at radius 3 is 1.90 bits per heavy atom. The lowest BCUT2D eigenvalue weighted by molar-refractivity contribution is 0.0455. The van der Waals surface area contributed by atoms with Crippen LogP contribution >= 0.6 is 12.4 Å². The molecule has 214 valence electrons. The second-order valence-corrected chi connectivity index (χ2v) is 11.0. The molecule has 1 amide bonds. The number of fused-ring (bicyclic) bond motifs is 3. The number of hydrogen-bond donors (Lipinski definition) is 0. The molecule has 2 aromatic rings. The van der Waals surface area contributed by atoms with Gasteiger partial charge < -0.3 is 23.8 Å². The first-order valence-corrected chi connectivity index (χ1v) is 14.0. The summed E-state index contributed by atoms with van der Waals surface area (Å²) in [5.74, 6) is 3.90. The van der Waals surface area contributed by atoms with E-state index in [1.807, 2.05) is 30.3 Å². The lowest BCUT2D eigenvalue weighted by Crippen LogP contribution is -2.49. The predicted octanol–water partition coefficient (Wildman–Crippen LogP) is 5.41. The molecular weight excluding hydrogens is 516 g/mol. The van der Waals surface area contributed by atoms with Crippen molar-refractivity contribution >= 4 is 18.3 Å². The Bertz CT molecular complexity index is 1110. The summed E-state index contributed by atoms with van der Waals surface area (Å²) in [4.78, 5) is 18.5. The standard InChI is InChI=1S/C31H42N2O5.ClH/c1-6-13-32(24-17-25-26(18-24)28(36-3)12-11-27(25)35-2)19-20-14-22-8-9-23(15-20)33(22)31(34)21-7-10-29(37-4)30(16-21)38-5;/h7,10-12,16,20,22-24H,6,8-9,13-15,17-19H2,1-5H3;1H/t20-,22-,23+;. The molecule has 8 heteroatoms. The zero-order chi connectivity index (χ0) is 26.8. The van der Waals surface area contributed by atoms with Gasteiger partial charge >= 0.3 is 0 Å². The van der Waals surface area contributed by atoms with Gasteiger partial charge in [-0.05, 0) is 87.7 Å². The monoisotopic (exact) mass is 558 g/mol. The van der Waals surface area contributed by atoms with Gasteiger partial charge in [0, 0.05) is 41.4 Å². The van der Waals surface area contributed by atoms with E-state index in [0.717, 1.165) is 69.5 Å². The molecule has 0 saturated carbocycles. The predicted molar refractivity (Wildman–Crippen MR) is 155 cm³/mol. The van der Waals surface area contributed by atoms with E-state index in [1.54, 1.807) is 28.4 Å². The molecule has 2 saturated heterocycles. The first kappa shape index (κ1) is 29.3. The smallest absolute Gasteiger partial charge is 0.254 e. The van der Waals surface area contributed by atoms with E-state index in [2.05, 4.69) is 16.7 Å². The van der Waals surface area contributed by atoms with Crippen molar-refractivity contribution in [2.24, 2.45) is 5.92 Å². The number of benzene rings is 2. The van der Waals surface area contributed by atoms with Crippen LogP contribution in [0.2, 0.25) is 0 Å². The molecule has 2 aliphatic heterocycles. The average Bonchev–Trinajstić information content (AvgIpc) is 3.50. The van der Waals surface area contributed by atoms with Crippen molar-refractivity contribution in [1.29, 1.82) is 0 Å². The fourth-order valence-corrected chi connectivity index (χ4v) is 7.21. The SMILES string of the molecule is CCCN(C[C@@H]1C[C@H]2CC[C@@H](C1)N2C(=O)c1ccc(OC)c(OC)c1)C1Cc2c(OC)ccc(OC)c2C1.Cl. The molecule has 2 fully saturated rings. The average molecular weight is 559 g/mol. The van der Waals surface area contributed by atoms with Gasteiger partial charge in [-0.15, -0.1) is 12.4 Å². The molecule has 2 bridgehead atoms. The third-order valence-corrected chi connectivity index (χ3v) is 8.88. The molecule has 2 aromatic carbocycles. The van der Waals surface area contributed by atoms with Gasteiger partial charge in [0.1, 0.15) is 11.5 Å². The number of carbonyl (C=O) groups is 1. The number of nitrogens with zero attached hydrogens (tertiary/aromatic N) is 2. The highest BCUT2D eigenvalue weighted by atomic mass is 35.5. The Morgan fingerprint density at radius 1 is 0.846 bits per heavy atom. The van der Waals surface area contributed by atoms with Crippen LogP contribution in [0.15, 0.2) is 30.3 Å². The molecule has 5 rings (SSSR count). The number of hydrogen-bond acceptors (Lipinski definition) is 6. The van der Waals surface area contributed by atoms with E-state index in [4.69, 9.17) is 18.9 Å². The minimum absolute atomic E-state index is 0. The topological polar surface area (TPSA) is 60.5 Å². The number of halogens is 1. The minimum atomic E-state index is 0. The van der Waals surface area contributed by atoms with Gasteiger partial charge in [0.25, 0.3) is 5.91 Å². The van der Waals surface area contributed by atoms with Crippen LogP contribution in [0.4, 0.5) is 0 Å². The molecule has 7 nitrogen and oxygen atoms in total. The van der Waals surface area contributed by atoms with Crippen molar-refractivity contribution in [1.82, 2.24) is 9.80 Å². The number of ether oxygens (including phenoxy) is 4. The van der Waals surface area contributed by atoms with E-state index < -0.39 is 0 Å². The summed E-state index contributed by atoms with van der Waals surface area (Å²) in [5, 5.41) is 0. The summed E-state index contributed by atoms with van der Waals surface area (Å²) in [6.45, 7) is 4.44. The van der Waals surface area contributed by atoms with E-state index in [1.165, 1.54) is 11.1 Å². The van der Waals surface area contributed by atoms with Crippen LogP contribution in [0.1, 0.15) is 60.5 Å². The van der Waals surface area contributed by atoms with Crippen LogP contribution in [0.3, 0.4) is 0 Å². The summed E-state index contributed by atoms with van der Waals surface area (Å²) in [5.41, 5.74) is 3.28. The second-order valence-electron chi connectivity index (χ2n) is 11.0. The number of carbonyl (C=O) groups excluding carboxylic acids is 1. The fraction of sp³-hybridized carbons (Fsp3) is 0.581. The Hall–Kier alpha value is -2.64. The minimum Gasteiger partial charge on any atom is -0.496 e. The van der Waals surface area contributed by atoms with Crippen molar-refractivity contribution in [2.75, 3.05) is 41.5 Å². The van der Waals surface area contributed by atoms with E-state index in [9.17, 15) is 4.79 Å². The van der Waals surface area contributed by atoms with Crippen LogP contribution in [0.25, 0.3) is 0 Å². The summed E-state index contributed by atoms with van der Waals surface area (Å²) < 4.78 is 22.2. The molecule has 0 N–H and O–H groups in total. The van der Waals surface area contributed by atoms with E-state index >= 15 is 0 Å². The van der Waals surface area contributed by atoms with Crippen molar-refractivity contribution in [2.45, 2.75) is 70.0 Å².